The first kappa shape index (κ1) is 9.65. The van der Waals surface area contributed by atoms with Crippen LogP contribution in [0.3, 0.4) is 0 Å². The molecular formula is C10H11BrN2O. The summed E-state index contributed by atoms with van der Waals surface area (Å²) in [5, 5.41) is 0. The number of amides is 1. The first-order valence-corrected chi connectivity index (χ1v) is 5.18. The topological polar surface area (TPSA) is 33.2 Å². The predicted molar refractivity (Wildman–Crippen MR) is 57.1 cm³/mol. The molecule has 0 atom stereocenters. The molecule has 2 rings (SSSR count). The minimum Gasteiger partial charge on any atom is -0.331 e. The Hall–Kier alpha value is -0.900. The Morgan fingerprint density at radius 1 is 1.50 bits per heavy atom. The van der Waals surface area contributed by atoms with Gasteiger partial charge in [0.15, 0.2) is 0 Å². The van der Waals surface area contributed by atoms with E-state index in [0.717, 1.165) is 10.0 Å². The van der Waals surface area contributed by atoms with Crippen LogP contribution in [0.25, 0.3) is 0 Å². The third-order valence-corrected chi connectivity index (χ3v) is 3.29. The van der Waals surface area contributed by atoms with E-state index in [-0.39, 0.29) is 11.4 Å². The van der Waals surface area contributed by atoms with E-state index in [2.05, 4.69) is 20.9 Å². The number of fused-ring (bicyclic) bond motifs is 1. The maximum atomic E-state index is 11.8. The van der Waals surface area contributed by atoms with Crippen molar-refractivity contribution in [1.82, 2.24) is 9.88 Å². The van der Waals surface area contributed by atoms with Crippen LogP contribution in [0.15, 0.2) is 16.7 Å². The van der Waals surface area contributed by atoms with Crippen LogP contribution in [0, 0.1) is 0 Å². The molecule has 0 bridgehead atoms. The van der Waals surface area contributed by atoms with Crippen molar-refractivity contribution < 1.29 is 4.79 Å². The first-order valence-electron chi connectivity index (χ1n) is 4.39. The van der Waals surface area contributed by atoms with Gasteiger partial charge in [-0.1, -0.05) is 0 Å². The summed E-state index contributed by atoms with van der Waals surface area (Å²) in [6.07, 6.45) is 1.66. The van der Waals surface area contributed by atoms with Gasteiger partial charge in [-0.3, -0.25) is 4.79 Å². The summed E-state index contributed by atoms with van der Waals surface area (Å²) < 4.78 is 0.910. The van der Waals surface area contributed by atoms with E-state index >= 15 is 0 Å². The Bertz CT molecular complexity index is 415. The number of carbonyl (C=O) groups excluding carboxylic acids is 1. The molecule has 2 heterocycles. The van der Waals surface area contributed by atoms with Crippen molar-refractivity contribution in [3.8, 4) is 0 Å². The highest BCUT2D eigenvalue weighted by Crippen LogP contribution is 2.37. The molecule has 0 fully saturated rings. The Morgan fingerprint density at radius 2 is 2.14 bits per heavy atom. The summed E-state index contributed by atoms with van der Waals surface area (Å²) in [6.45, 7) is 4.04. The molecule has 74 valence electrons. The summed E-state index contributed by atoms with van der Waals surface area (Å²) >= 11 is 3.36. The molecule has 4 heteroatoms. The molecule has 0 radical (unpaired) electrons. The van der Waals surface area contributed by atoms with Crippen LogP contribution in [0.2, 0.25) is 0 Å². The van der Waals surface area contributed by atoms with Gasteiger partial charge < -0.3 is 4.90 Å². The molecule has 14 heavy (non-hydrogen) atoms. The zero-order chi connectivity index (χ0) is 10.5. The summed E-state index contributed by atoms with van der Waals surface area (Å²) in [5.74, 6) is -0.00231. The van der Waals surface area contributed by atoms with E-state index in [9.17, 15) is 4.79 Å². The highest BCUT2D eigenvalue weighted by atomic mass is 79.9. The quantitative estimate of drug-likeness (QED) is 0.711. The van der Waals surface area contributed by atoms with Gasteiger partial charge in [0.1, 0.15) is 5.69 Å². The van der Waals surface area contributed by atoms with Crippen molar-refractivity contribution in [1.29, 1.82) is 0 Å². The van der Waals surface area contributed by atoms with E-state index in [1.165, 1.54) is 0 Å². The fourth-order valence-corrected chi connectivity index (χ4v) is 2.00. The Balaban J connectivity index is 2.69. The number of aromatic nitrogens is 1. The molecule has 1 aromatic rings. The van der Waals surface area contributed by atoms with Gasteiger partial charge in [0.05, 0.1) is 5.54 Å². The van der Waals surface area contributed by atoms with Gasteiger partial charge in [0.2, 0.25) is 0 Å². The third kappa shape index (κ3) is 1.10. The van der Waals surface area contributed by atoms with Gasteiger partial charge in [0.25, 0.3) is 5.91 Å². The van der Waals surface area contributed by atoms with Crippen molar-refractivity contribution in [2.24, 2.45) is 0 Å². The van der Waals surface area contributed by atoms with E-state index < -0.39 is 0 Å². The zero-order valence-electron chi connectivity index (χ0n) is 8.34. The molecule has 1 amide bonds. The molecule has 0 aliphatic carbocycles. The van der Waals surface area contributed by atoms with Crippen molar-refractivity contribution in [2.75, 3.05) is 7.05 Å². The minimum atomic E-state index is -0.261. The second kappa shape index (κ2) is 2.79. The van der Waals surface area contributed by atoms with Crippen LogP contribution >= 0.6 is 15.9 Å². The SMILES string of the molecule is CN1C(=O)c2ncc(Br)cc2C1(C)C. The lowest BCUT2D eigenvalue weighted by atomic mass is 9.96. The fraction of sp³-hybridized carbons (Fsp3) is 0.400. The van der Waals surface area contributed by atoms with Gasteiger partial charge in [-0.25, -0.2) is 4.98 Å². The molecule has 0 saturated heterocycles. The predicted octanol–water partition coefficient (Wildman–Crippen LogP) is 2.16. The van der Waals surface area contributed by atoms with Crippen LogP contribution in [0.5, 0.6) is 0 Å². The van der Waals surface area contributed by atoms with Crippen molar-refractivity contribution in [2.45, 2.75) is 19.4 Å². The summed E-state index contributed by atoms with van der Waals surface area (Å²) in [5.41, 5.74) is 1.29. The number of carbonyl (C=O) groups is 1. The van der Waals surface area contributed by atoms with Crippen LogP contribution in [-0.4, -0.2) is 22.8 Å². The van der Waals surface area contributed by atoms with Crippen LogP contribution in [0.1, 0.15) is 29.9 Å². The summed E-state index contributed by atoms with van der Waals surface area (Å²) in [7, 11) is 1.80. The highest BCUT2D eigenvalue weighted by Gasteiger charge is 2.41. The Morgan fingerprint density at radius 3 is 2.79 bits per heavy atom. The normalized spacial score (nSPS) is 18.6. The zero-order valence-corrected chi connectivity index (χ0v) is 9.92. The number of pyridine rings is 1. The lowest BCUT2D eigenvalue weighted by Crippen LogP contribution is -2.35. The summed E-state index contributed by atoms with van der Waals surface area (Å²) in [6, 6.07) is 1.96. The van der Waals surface area contributed by atoms with Gasteiger partial charge in [-0.2, -0.15) is 0 Å². The lowest BCUT2D eigenvalue weighted by Gasteiger charge is -2.28. The number of nitrogens with zero attached hydrogens (tertiary/aromatic N) is 2. The van der Waals surface area contributed by atoms with Crippen LogP contribution in [0.4, 0.5) is 0 Å². The molecule has 0 unspecified atom stereocenters. The molecule has 1 aliphatic heterocycles. The first-order chi connectivity index (χ1) is 6.44. The molecule has 1 aromatic heterocycles. The van der Waals surface area contributed by atoms with Crippen LogP contribution < -0.4 is 0 Å². The third-order valence-electron chi connectivity index (χ3n) is 2.86. The van der Waals surface area contributed by atoms with Crippen LogP contribution in [-0.2, 0) is 5.54 Å². The maximum Gasteiger partial charge on any atom is 0.273 e. The second-order valence-electron chi connectivity index (χ2n) is 3.97. The second-order valence-corrected chi connectivity index (χ2v) is 4.89. The van der Waals surface area contributed by atoms with E-state index in [4.69, 9.17) is 0 Å². The summed E-state index contributed by atoms with van der Waals surface area (Å²) in [4.78, 5) is 17.6. The van der Waals surface area contributed by atoms with Crippen molar-refractivity contribution >= 4 is 21.8 Å². The van der Waals surface area contributed by atoms with Gasteiger partial charge in [-0.05, 0) is 35.8 Å². The van der Waals surface area contributed by atoms with E-state index in [1.807, 2.05) is 19.9 Å². The lowest BCUT2D eigenvalue weighted by molar-refractivity contribution is 0.0688. The number of halogens is 1. The monoisotopic (exact) mass is 254 g/mol. The number of hydrogen-bond acceptors (Lipinski definition) is 2. The fourth-order valence-electron chi connectivity index (χ4n) is 1.67. The van der Waals surface area contributed by atoms with Gasteiger partial charge in [0, 0.05) is 23.3 Å². The number of rotatable bonds is 0. The Kier molecular flexibility index (Phi) is 1.93. The molecule has 3 nitrogen and oxygen atoms in total. The van der Waals surface area contributed by atoms with Crippen molar-refractivity contribution in [3.63, 3.8) is 0 Å². The standard InChI is InChI=1S/C10H11BrN2O/c1-10(2)7-4-6(11)5-12-8(7)9(14)13(10)3/h4-5H,1-3H3. The van der Waals surface area contributed by atoms with Gasteiger partial charge in [-0.15, -0.1) is 0 Å². The van der Waals surface area contributed by atoms with Gasteiger partial charge >= 0.3 is 0 Å². The minimum absolute atomic E-state index is 0.00231. The average Bonchev–Trinajstić information content (AvgIpc) is 2.29. The Labute approximate surface area is 91.3 Å². The van der Waals surface area contributed by atoms with E-state index in [1.54, 1.807) is 18.1 Å². The molecule has 0 spiro atoms. The average molecular weight is 255 g/mol. The molecule has 0 aromatic carbocycles. The highest BCUT2D eigenvalue weighted by molar-refractivity contribution is 9.10. The molecule has 0 saturated carbocycles. The number of hydrogen-bond donors (Lipinski definition) is 0. The largest absolute Gasteiger partial charge is 0.331 e. The molecular weight excluding hydrogens is 244 g/mol. The van der Waals surface area contributed by atoms with Crippen molar-refractivity contribution in [3.05, 3.63) is 28.0 Å². The molecule has 1 aliphatic rings. The van der Waals surface area contributed by atoms with E-state index in [0.29, 0.717) is 5.69 Å². The maximum absolute atomic E-state index is 11.8. The smallest absolute Gasteiger partial charge is 0.273 e. The molecule has 0 N–H and O–H groups in total.